The predicted octanol–water partition coefficient (Wildman–Crippen LogP) is 2.13. The van der Waals surface area contributed by atoms with Crippen LogP contribution in [0.2, 0.25) is 0 Å². The molecule has 2 heterocycles. The summed E-state index contributed by atoms with van der Waals surface area (Å²) in [7, 11) is 1.63. The molecule has 0 spiro atoms. The quantitative estimate of drug-likeness (QED) is 0.860. The molecule has 0 fully saturated rings. The summed E-state index contributed by atoms with van der Waals surface area (Å²) in [5, 5.41) is 2.64. The molecule has 0 unspecified atom stereocenters. The van der Waals surface area contributed by atoms with E-state index in [1.807, 2.05) is 29.7 Å². The largest absolute Gasteiger partial charge is 0.354 e. The van der Waals surface area contributed by atoms with E-state index in [2.05, 4.69) is 24.1 Å². The van der Waals surface area contributed by atoms with E-state index in [0.717, 1.165) is 16.9 Å². The van der Waals surface area contributed by atoms with Gasteiger partial charge in [0, 0.05) is 19.2 Å². The lowest BCUT2D eigenvalue weighted by molar-refractivity contribution is 0.0960. The molecule has 90 valence electrons. The van der Waals surface area contributed by atoms with E-state index in [0.29, 0.717) is 5.69 Å². The summed E-state index contributed by atoms with van der Waals surface area (Å²) in [6, 6.07) is 3.97. The molecule has 2 rings (SSSR count). The van der Waals surface area contributed by atoms with Crippen LogP contribution in [0.4, 0.5) is 0 Å². The Morgan fingerprint density at radius 1 is 1.47 bits per heavy atom. The predicted molar refractivity (Wildman–Crippen MR) is 67.4 cm³/mol. The van der Waals surface area contributed by atoms with Crippen molar-refractivity contribution in [3.05, 3.63) is 35.4 Å². The van der Waals surface area contributed by atoms with Crippen molar-refractivity contribution >= 4 is 11.4 Å². The van der Waals surface area contributed by atoms with Crippen LogP contribution in [0.25, 0.3) is 5.52 Å². The number of nitrogens with one attached hydrogen (secondary N) is 1. The summed E-state index contributed by atoms with van der Waals surface area (Å²) in [6.45, 7) is 6.14. The van der Waals surface area contributed by atoms with E-state index in [9.17, 15) is 4.79 Å². The van der Waals surface area contributed by atoms with Gasteiger partial charge in [0.25, 0.3) is 5.91 Å². The minimum absolute atomic E-state index is 0.135. The molecule has 0 bridgehead atoms. The van der Waals surface area contributed by atoms with Crippen molar-refractivity contribution in [2.75, 3.05) is 7.05 Å². The molecule has 0 saturated carbocycles. The standard InChI is InChI=1S/C13H17N3O/c1-8(2)12-15-10(13(17)14-4)11-9(3)6-5-7-16(11)12/h5-8H,1-4H3,(H,14,17). The van der Waals surface area contributed by atoms with Crippen molar-refractivity contribution in [3.63, 3.8) is 0 Å². The van der Waals surface area contributed by atoms with E-state index < -0.39 is 0 Å². The van der Waals surface area contributed by atoms with Gasteiger partial charge < -0.3 is 9.72 Å². The summed E-state index contributed by atoms with van der Waals surface area (Å²) in [4.78, 5) is 16.3. The minimum Gasteiger partial charge on any atom is -0.354 e. The van der Waals surface area contributed by atoms with Gasteiger partial charge in [-0.2, -0.15) is 0 Å². The summed E-state index contributed by atoms with van der Waals surface area (Å²) in [5.41, 5.74) is 2.47. The molecule has 4 heteroatoms. The molecular weight excluding hydrogens is 214 g/mol. The number of pyridine rings is 1. The molecule has 0 saturated heterocycles. The Morgan fingerprint density at radius 2 is 2.18 bits per heavy atom. The van der Waals surface area contributed by atoms with E-state index in [1.165, 1.54) is 0 Å². The van der Waals surface area contributed by atoms with Crippen molar-refractivity contribution in [3.8, 4) is 0 Å². The van der Waals surface area contributed by atoms with E-state index in [1.54, 1.807) is 7.05 Å². The van der Waals surface area contributed by atoms with Crippen molar-refractivity contribution in [1.29, 1.82) is 0 Å². The number of aryl methyl sites for hydroxylation is 1. The van der Waals surface area contributed by atoms with E-state index in [-0.39, 0.29) is 11.8 Å². The molecule has 0 aliphatic rings. The molecule has 0 aromatic carbocycles. The van der Waals surface area contributed by atoms with Crippen LogP contribution in [0.5, 0.6) is 0 Å². The Bertz CT molecular complexity index is 569. The minimum atomic E-state index is -0.135. The van der Waals surface area contributed by atoms with Crippen LogP contribution in [0.3, 0.4) is 0 Å². The van der Waals surface area contributed by atoms with Gasteiger partial charge in [-0.15, -0.1) is 0 Å². The highest BCUT2D eigenvalue weighted by Gasteiger charge is 2.19. The van der Waals surface area contributed by atoms with Crippen LogP contribution in [0, 0.1) is 6.92 Å². The zero-order valence-corrected chi connectivity index (χ0v) is 10.6. The number of hydrogen-bond donors (Lipinski definition) is 1. The zero-order chi connectivity index (χ0) is 12.6. The molecule has 2 aromatic rings. The molecule has 0 atom stereocenters. The molecule has 17 heavy (non-hydrogen) atoms. The zero-order valence-electron chi connectivity index (χ0n) is 10.6. The fourth-order valence-corrected chi connectivity index (χ4v) is 2.01. The Morgan fingerprint density at radius 3 is 2.76 bits per heavy atom. The van der Waals surface area contributed by atoms with Gasteiger partial charge in [-0.3, -0.25) is 4.79 Å². The van der Waals surface area contributed by atoms with Gasteiger partial charge in [-0.1, -0.05) is 19.9 Å². The van der Waals surface area contributed by atoms with Crippen molar-refractivity contribution < 1.29 is 4.79 Å². The number of hydrogen-bond acceptors (Lipinski definition) is 2. The lowest BCUT2D eigenvalue weighted by Crippen LogP contribution is -2.18. The smallest absolute Gasteiger partial charge is 0.271 e. The maximum Gasteiger partial charge on any atom is 0.271 e. The van der Waals surface area contributed by atoms with E-state index >= 15 is 0 Å². The third-order valence-corrected chi connectivity index (χ3v) is 2.85. The summed E-state index contributed by atoms with van der Waals surface area (Å²) < 4.78 is 2.00. The Kier molecular flexibility index (Phi) is 2.88. The van der Waals surface area contributed by atoms with Gasteiger partial charge in [-0.25, -0.2) is 4.98 Å². The second kappa shape index (κ2) is 4.20. The maximum atomic E-state index is 11.8. The number of carbonyl (C=O) groups is 1. The van der Waals surface area contributed by atoms with Gasteiger partial charge in [0.15, 0.2) is 5.69 Å². The molecule has 0 radical (unpaired) electrons. The first-order chi connectivity index (χ1) is 8.06. The summed E-state index contributed by atoms with van der Waals surface area (Å²) >= 11 is 0. The lowest BCUT2D eigenvalue weighted by Gasteiger charge is -2.04. The number of nitrogens with zero attached hydrogens (tertiary/aromatic N) is 2. The van der Waals surface area contributed by atoms with Gasteiger partial charge in [0.05, 0.1) is 5.52 Å². The second-order valence-corrected chi connectivity index (χ2v) is 4.46. The Balaban J connectivity index is 2.80. The van der Waals surface area contributed by atoms with Crippen LogP contribution in [0.1, 0.15) is 41.6 Å². The fourth-order valence-electron chi connectivity index (χ4n) is 2.01. The first-order valence-corrected chi connectivity index (χ1v) is 5.76. The maximum absolute atomic E-state index is 11.8. The molecule has 1 N–H and O–H groups in total. The SMILES string of the molecule is CNC(=O)c1nc(C(C)C)n2cccc(C)c12. The number of imidazole rings is 1. The highest BCUT2D eigenvalue weighted by molar-refractivity contribution is 5.99. The molecule has 4 nitrogen and oxygen atoms in total. The average Bonchev–Trinajstić information content (AvgIpc) is 2.69. The van der Waals surface area contributed by atoms with Crippen LogP contribution in [-0.4, -0.2) is 22.3 Å². The average molecular weight is 231 g/mol. The Labute approximate surface area is 101 Å². The molecule has 2 aromatic heterocycles. The number of fused-ring (bicyclic) bond motifs is 1. The third kappa shape index (κ3) is 1.79. The van der Waals surface area contributed by atoms with Crippen molar-refractivity contribution in [1.82, 2.24) is 14.7 Å². The van der Waals surface area contributed by atoms with Gasteiger partial charge >= 0.3 is 0 Å². The van der Waals surface area contributed by atoms with Crippen LogP contribution < -0.4 is 5.32 Å². The van der Waals surface area contributed by atoms with Crippen LogP contribution in [-0.2, 0) is 0 Å². The molecular formula is C13H17N3O. The van der Waals surface area contributed by atoms with Gasteiger partial charge in [0.2, 0.25) is 0 Å². The van der Waals surface area contributed by atoms with E-state index in [4.69, 9.17) is 0 Å². The topological polar surface area (TPSA) is 46.4 Å². The van der Waals surface area contributed by atoms with Crippen molar-refractivity contribution in [2.24, 2.45) is 0 Å². The van der Waals surface area contributed by atoms with Crippen molar-refractivity contribution in [2.45, 2.75) is 26.7 Å². The third-order valence-electron chi connectivity index (χ3n) is 2.85. The highest BCUT2D eigenvalue weighted by atomic mass is 16.1. The number of aromatic nitrogens is 2. The first kappa shape index (κ1) is 11.6. The normalized spacial score (nSPS) is 11.1. The second-order valence-electron chi connectivity index (χ2n) is 4.46. The molecule has 0 aliphatic heterocycles. The fraction of sp³-hybridized carbons (Fsp3) is 0.385. The number of rotatable bonds is 2. The molecule has 1 amide bonds. The van der Waals surface area contributed by atoms with Crippen LogP contribution >= 0.6 is 0 Å². The number of carbonyl (C=O) groups excluding carboxylic acids is 1. The first-order valence-electron chi connectivity index (χ1n) is 5.76. The highest BCUT2D eigenvalue weighted by Crippen LogP contribution is 2.22. The van der Waals surface area contributed by atoms with Gasteiger partial charge in [-0.05, 0) is 18.6 Å². The summed E-state index contributed by atoms with van der Waals surface area (Å²) in [6.07, 6.45) is 1.96. The van der Waals surface area contributed by atoms with Crippen LogP contribution in [0.15, 0.2) is 18.3 Å². The Hall–Kier alpha value is -1.84. The summed E-state index contributed by atoms with van der Waals surface area (Å²) in [5.74, 6) is 1.06. The number of amides is 1. The lowest BCUT2D eigenvalue weighted by atomic mass is 10.2. The molecule has 0 aliphatic carbocycles. The van der Waals surface area contributed by atoms with Gasteiger partial charge in [0.1, 0.15) is 5.82 Å². The monoisotopic (exact) mass is 231 g/mol.